The van der Waals surface area contributed by atoms with Gasteiger partial charge in [0.25, 0.3) is 0 Å². The molecule has 0 aliphatic rings. The molecule has 1 aromatic heterocycles. The minimum atomic E-state index is -1.70. The van der Waals surface area contributed by atoms with E-state index in [-0.39, 0.29) is 38.4 Å². The zero-order chi connectivity index (χ0) is 18.8. The van der Waals surface area contributed by atoms with Crippen molar-refractivity contribution in [1.82, 2.24) is 9.97 Å². The van der Waals surface area contributed by atoms with Gasteiger partial charge in [-0.05, 0) is 6.07 Å². The van der Waals surface area contributed by atoms with Crippen LogP contribution in [0.4, 0.5) is 0 Å². The Morgan fingerprint density at radius 2 is 1.92 bits per heavy atom. The Kier molecular flexibility index (Phi) is 4.81. The van der Waals surface area contributed by atoms with Crippen LogP contribution in [0.3, 0.4) is 0 Å². The highest BCUT2D eigenvalue weighted by molar-refractivity contribution is 7.85. The van der Waals surface area contributed by atoms with Crippen molar-refractivity contribution in [3.8, 4) is 23.0 Å². The Hall–Kier alpha value is -3.07. The zero-order valence-electron chi connectivity index (χ0n) is 14.2. The first kappa shape index (κ1) is 17.7. The van der Waals surface area contributed by atoms with Gasteiger partial charge in [-0.1, -0.05) is 12.1 Å². The normalized spacial score (nSPS) is 12.0. The molecule has 0 aliphatic carbocycles. The molecule has 3 aromatic rings. The lowest BCUT2D eigenvalue weighted by Gasteiger charge is -2.18. The van der Waals surface area contributed by atoms with E-state index >= 15 is 0 Å². The van der Waals surface area contributed by atoms with Crippen molar-refractivity contribution in [2.75, 3.05) is 14.2 Å². The van der Waals surface area contributed by atoms with Gasteiger partial charge in [-0.3, -0.25) is 4.79 Å². The summed E-state index contributed by atoms with van der Waals surface area (Å²) in [4.78, 5) is 18.6. The van der Waals surface area contributed by atoms with Crippen molar-refractivity contribution in [3.63, 3.8) is 0 Å². The number of ether oxygens (including phenoxy) is 3. The number of carbonyl (C=O) groups is 1. The molecule has 0 saturated carbocycles. The van der Waals surface area contributed by atoms with Gasteiger partial charge in [0, 0.05) is 30.1 Å². The molecule has 8 nitrogen and oxygen atoms in total. The molecule has 0 spiro atoms. The highest BCUT2D eigenvalue weighted by Gasteiger charge is 2.27. The average molecular weight is 376 g/mol. The van der Waals surface area contributed by atoms with Crippen molar-refractivity contribution in [3.05, 3.63) is 30.6 Å². The van der Waals surface area contributed by atoms with Gasteiger partial charge in [0.15, 0.2) is 11.5 Å². The van der Waals surface area contributed by atoms with Crippen LogP contribution in [0.2, 0.25) is 0 Å². The van der Waals surface area contributed by atoms with Crippen molar-refractivity contribution in [1.29, 1.82) is 0 Å². The van der Waals surface area contributed by atoms with Crippen LogP contribution in [0, 0.1) is 0 Å². The third kappa shape index (κ3) is 2.86. The number of hydrogen-bond donors (Lipinski definition) is 2. The summed E-state index contributed by atoms with van der Waals surface area (Å²) in [6.45, 7) is 1.25. The van der Waals surface area contributed by atoms with Gasteiger partial charge < -0.3 is 24.3 Å². The van der Waals surface area contributed by atoms with Gasteiger partial charge in [-0.2, -0.15) is 0 Å². The molecule has 26 heavy (non-hydrogen) atoms. The number of imidazole rings is 1. The van der Waals surface area contributed by atoms with Crippen LogP contribution in [0.15, 0.2) is 40.6 Å². The van der Waals surface area contributed by atoms with Crippen LogP contribution in [0.1, 0.15) is 6.92 Å². The highest BCUT2D eigenvalue weighted by Crippen LogP contribution is 2.52. The number of phenolic OH excluding ortho intramolecular Hbond substituents is 1. The van der Waals surface area contributed by atoms with Gasteiger partial charge in [0.05, 0.1) is 19.1 Å². The number of aromatic hydroxyl groups is 1. The molecule has 2 N–H and O–H groups in total. The second-order valence-corrected chi connectivity index (χ2v) is 6.54. The van der Waals surface area contributed by atoms with Gasteiger partial charge >= 0.3 is 5.97 Å². The summed E-state index contributed by atoms with van der Waals surface area (Å²) in [5.41, 5.74) is 0. The maximum absolute atomic E-state index is 12.9. The Balaban J connectivity index is 2.40. The largest absolute Gasteiger partial charge is 0.504 e. The van der Waals surface area contributed by atoms with Crippen LogP contribution in [-0.4, -0.2) is 39.5 Å². The number of rotatable bonds is 5. The summed E-state index contributed by atoms with van der Waals surface area (Å²) in [5, 5.41) is 11.5. The topological polar surface area (TPSA) is 111 Å². The predicted molar refractivity (Wildman–Crippen MR) is 93.3 cm³/mol. The van der Waals surface area contributed by atoms with Crippen molar-refractivity contribution in [2.24, 2.45) is 0 Å². The van der Waals surface area contributed by atoms with Crippen LogP contribution in [0.5, 0.6) is 23.0 Å². The summed E-state index contributed by atoms with van der Waals surface area (Å²) >= 11 is 0. The number of nitrogens with zero attached hydrogens (tertiary/aromatic N) is 1. The second kappa shape index (κ2) is 7.04. The number of aromatic nitrogens is 2. The molecule has 1 unspecified atom stereocenters. The van der Waals surface area contributed by atoms with E-state index in [0.29, 0.717) is 5.39 Å². The highest BCUT2D eigenvalue weighted by atomic mass is 32.2. The lowest BCUT2D eigenvalue weighted by atomic mass is 10.1. The van der Waals surface area contributed by atoms with Crippen LogP contribution < -0.4 is 14.2 Å². The van der Waals surface area contributed by atoms with Gasteiger partial charge in [-0.25, -0.2) is 9.19 Å². The first-order valence-electron chi connectivity index (χ1n) is 7.48. The lowest BCUT2D eigenvalue weighted by molar-refractivity contribution is -0.131. The fourth-order valence-corrected chi connectivity index (χ4v) is 3.78. The predicted octanol–water partition coefficient (Wildman–Crippen LogP) is 2.38. The van der Waals surface area contributed by atoms with Gasteiger partial charge in [0.2, 0.25) is 16.7 Å². The van der Waals surface area contributed by atoms with E-state index in [9.17, 15) is 14.1 Å². The number of phenols is 1. The zero-order valence-corrected chi connectivity index (χ0v) is 15.0. The summed E-state index contributed by atoms with van der Waals surface area (Å²) in [6.07, 6.45) is 3.03. The molecule has 3 rings (SSSR count). The van der Waals surface area contributed by atoms with Crippen LogP contribution >= 0.6 is 0 Å². The second-order valence-electron chi connectivity index (χ2n) is 5.18. The standard InChI is InChI=1S/C17H16N2O6S/c1-9(20)25-14-10-5-4-6-11(26(22)17-18-7-8-19-17)12(10)13(21)15(23-2)16(14)24-3/h4-8,21H,1-3H3,(H,18,19). The van der Waals surface area contributed by atoms with Crippen molar-refractivity contribution < 1.29 is 28.3 Å². The van der Waals surface area contributed by atoms with E-state index in [1.165, 1.54) is 27.3 Å². The van der Waals surface area contributed by atoms with E-state index in [0.717, 1.165) is 0 Å². The van der Waals surface area contributed by atoms with E-state index < -0.39 is 16.8 Å². The lowest BCUT2D eigenvalue weighted by Crippen LogP contribution is -2.06. The first-order chi connectivity index (χ1) is 12.5. The molecule has 1 atom stereocenters. The van der Waals surface area contributed by atoms with Crippen molar-refractivity contribution >= 4 is 27.5 Å². The van der Waals surface area contributed by atoms with Crippen LogP contribution in [0.25, 0.3) is 10.8 Å². The SMILES string of the molecule is COc1c(OC)c(O)c2c(S(=O)c3ncc[nH]3)cccc2c1OC(C)=O. The quantitative estimate of drug-likeness (QED) is 0.519. The summed E-state index contributed by atoms with van der Waals surface area (Å²) in [5.74, 6) is -0.739. The molecule has 1 heterocycles. The number of benzene rings is 2. The molecule has 0 aliphatic heterocycles. The summed E-state index contributed by atoms with van der Waals surface area (Å²) < 4.78 is 28.7. The maximum Gasteiger partial charge on any atom is 0.308 e. The summed E-state index contributed by atoms with van der Waals surface area (Å²) in [6, 6.07) is 4.85. The number of H-pyrrole nitrogens is 1. The third-order valence-corrected chi connectivity index (χ3v) is 4.95. The molecule has 0 radical (unpaired) electrons. The Morgan fingerprint density at radius 1 is 1.19 bits per heavy atom. The van der Waals surface area contributed by atoms with E-state index in [2.05, 4.69) is 9.97 Å². The smallest absolute Gasteiger partial charge is 0.308 e. The number of nitrogens with one attached hydrogen (secondary N) is 1. The molecule has 2 aromatic carbocycles. The molecule has 0 amide bonds. The number of carbonyl (C=O) groups excluding carboxylic acids is 1. The van der Waals surface area contributed by atoms with E-state index in [1.54, 1.807) is 24.4 Å². The molecule has 136 valence electrons. The molecular weight excluding hydrogens is 360 g/mol. The fourth-order valence-electron chi connectivity index (χ4n) is 2.64. The molecule has 0 fully saturated rings. The average Bonchev–Trinajstić information content (AvgIpc) is 3.16. The van der Waals surface area contributed by atoms with E-state index in [4.69, 9.17) is 14.2 Å². The molecule has 0 bridgehead atoms. The fraction of sp³-hybridized carbons (Fsp3) is 0.176. The van der Waals surface area contributed by atoms with Crippen molar-refractivity contribution in [2.45, 2.75) is 17.0 Å². The minimum absolute atomic E-state index is 0.0276. The first-order valence-corrected chi connectivity index (χ1v) is 8.63. The Morgan fingerprint density at radius 3 is 2.50 bits per heavy atom. The molecule has 0 saturated heterocycles. The van der Waals surface area contributed by atoms with Crippen LogP contribution in [-0.2, 0) is 15.6 Å². The summed E-state index contributed by atoms with van der Waals surface area (Å²) in [7, 11) is 0.999. The number of esters is 1. The Bertz CT molecular complexity index is 1000. The maximum atomic E-state index is 12.9. The number of hydrogen-bond acceptors (Lipinski definition) is 7. The number of aromatic amines is 1. The molecule has 9 heteroatoms. The minimum Gasteiger partial charge on any atom is -0.504 e. The monoisotopic (exact) mass is 376 g/mol. The van der Waals surface area contributed by atoms with Gasteiger partial charge in [0.1, 0.15) is 10.8 Å². The van der Waals surface area contributed by atoms with Gasteiger partial charge in [-0.15, -0.1) is 0 Å². The molecular formula is C17H16N2O6S. The number of methoxy groups -OCH3 is 2. The Labute approximate surface area is 151 Å². The third-order valence-electron chi connectivity index (χ3n) is 3.64. The number of fused-ring (bicyclic) bond motifs is 1. The van der Waals surface area contributed by atoms with E-state index in [1.807, 2.05) is 0 Å².